The molecule has 2 rings (SSSR count). The highest BCUT2D eigenvalue weighted by molar-refractivity contribution is 6.42. The number of carbonyl (C=O) groups is 1. The second-order valence-electron chi connectivity index (χ2n) is 8.17. The van der Waals surface area contributed by atoms with Crippen LogP contribution in [0, 0.1) is 0 Å². The maximum atomic E-state index is 12.0. The van der Waals surface area contributed by atoms with Gasteiger partial charge in [0.25, 0.3) is 0 Å². The van der Waals surface area contributed by atoms with Crippen molar-refractivity contribution in [1.29, 1.82) is 0 Å². The summed E-state index contributed by atoms with van der Waals surface area (Å²) in [6.07, 6.45) is 3.64. The zero-order valence-corrected chi connectivity index (χ0v) is 20.6. The van der Waals surface area contributed by atoms with Crippen molar-refractivity contribution in [3.63, 3.8) is 0 Å². The SMILES string of the molecule is COc1cc(OC)c(C(C)C)c(C(C=O)CCCN(C)CCc2ccc(Cl)c(Cl)c2)c1. The van der Waals surface area contributed by atoms with Gasteiger partial charge in [-0.2, -0.15) is 0 Å². The van der Waals surface area contributed by atoms with Gasteiger partial charge in [0.15, 0.2) is 0 Å². The molecule has 31 heavy (non-hydrogen) atoms. The van der Waals surface area contributed by atoms with Gasteiger partial charge in [-0.1, -0.05) is 43.1 Å². The van der Waals surface area contributed by atoms with Crippen LogP contribution in [0.5, 0.6) is 11.5 Å². The van der Waals surface area contributed by atoms with Gasteiger partial charge in [0, 0.05) is 24.1 Å². The van der Waals surface area contributed by atoms with Crippen molar-refractivity contribution in [3.05, 3.63) is 57.1 Å². The predicted molar refractivity (Wildman–Crippen MR) is 129 cm³/mol. The van der Waals surface area contributed by atoms with Crippen LogP contribution in [0.25, 0.3) is 0 Å². The fraction of sp³-hybridized carbons (Fsp3) is 0.480. The van der Waals surface area contributed by atoms with Gasteiger partial charge in [0.2, 0.25) is 0 Å². The Bertz CT molecular complexity index is 870. The highest BCUT2D eigenvalue weighted by Crippen LogP contribution is 2.38. The number of halogens is 2. The molecule has 0 aromatic heterocycles. The van der Waals surface area contributed by atoms with Crippen molar-refractivity contribution in [2.75, 3.05) is 34.4 Å². The second kappa shape index (κ2) is 12.3. The molecule has 0 bridgehead atoms. The molecule has 4 nitrogen and oxygen atoms in total. The zero-order valence-electron chi connectivity index (χ0n) is 19.1. The van der Waals surface area contributed by atoms with Gasteiger partial charge < -0.3 is 19.2 Å². The van der Waals surface area contributed by atoms with E-state index >= 15 is 0 Å². The van der Waals surface area contributed by atoms with Crippen LogP contribution in [-0.2, 0) is 11.2 Å². The van der Waals surface area contributed by atoms with Crippen LogP contribution in [0.4, 0.5) is 0 Å². The van der Waals surface area contributed by atoms with E-state index < -0.39 is 0 Å². The lowest BCUT2D eigenvalue weighted by molar-refractivity contribution is -0.109. The highest BCUT2D eigenvalue weighted by Gasteiger charge is 2.22. The largest absolute Gasteiger partial charge is 0.497 e. The molecule has 0 radical (unpaired) electrons. The molecule has 1 atom stereocenters. The Morgan fingerprint density at radius 2 is 1.77 bits per heavy atom. The first-order valence-electron chi connectivity index (χ1n) is 10.6. The van der Waals surface area contributed by atoms with Gasteiger partial charge in [-0.3, -0.25) is 0 Å². The number of likely N-dealkylation sites (N-methyl/N-ethyl adjacent to an activating group) is 1. The van der Waals surface area contributed by atoms with Crippen molar-refractivity contribution in [3.8, 4) is 11.5 Å². The molecule has 0 fully saturated rings. The Morgan fingerprint density at radius 3 is 2.35 bits per heavy atom. The maximum absolute atomic E-state index is 12.0. The summed E-state index contributed by atoms with van der Waals surface area (Å²) in [5.74, 6) is 1.54. The van der Waals surface area contributed by atoms with Crippen LogP contribution >= 0.6 is 23.2 Å². The van der Waals surface area contributed by atoms with E-state index in [9.17, 15) is 4.79 Å². The van der Waals surface area contributed by atoms with E-state index in [-0.39, 0.29) is 11.8 Å². The average Bonchev–Trinajstić information content (AvgIpc) is 2.76. The molecule has 0 spiro atoms. The molecule has 0 aliphatic carbocycles. The van der Waals surface area contributed by atoms with Crippen molar-refractivity contribution >= 4 is 29.5 Å². The molecule has 6 heteroatoms. The molecule has 1 unspecified atom stereocenters. The average molecular weight is 466 g/mol. The highest BCUT2D eigenvalue weighted by atomic mass is 35.5. The Hall–Kier alpha value is -1.75. The molecular weight excluding hydrogens is 433 g/mol. The topological polar surface area (TPSA) is 38.8 Å². The smallest absolute Gasteiger partial charge is 0.127 e. The molecule has 170 valence electrons. The number of nitrogens with zero attached hydrogens (tertiary/aromatic N) is 1. The molecule has 0 amide bonds. The minimum atomic E-state index is -0.190. The molecular formula is C25H33Cl2NO3. The van der Waals surface area contributed by atoms with Gasteiger partial charge in [0.05, 0.1) is 24.3 Å². The third-order valence-corrected chi connectivity index (χ3v) is 6.30. The number of hydrogen-bond acceptors (Lipinski definition) is 4. The van der Waals surface area contributed by atoms with Crippen LogP contribution in [0.15, 0.2) is 30.3 Å². The van der Waals surface area contributed by atoms with E-state index in [1.165, 1.54) is 0 Å². The Balaban J connectivity index is 2.00. The first kappa shape index (κ1) is 25.5. The number of aldehydes is 1. The second-order valence-corrected chi connectivity index (χ2v) is 8.99. The standard InChI is InChI=1S/C25H33Cl2NO3/c1-17(2)25-21(14-20(30-4)15-24(25)31-5)19(16-29)7-6-11-28(3)12-10-18-8-9-22(26)23(27)13-18/h8-9,13-17,19H,6-7,10-12H2,1-5H3. The zero-order chi connectivity index (χ0) is 23.0. The summed E-state index contributed by atoms with van der Waals surface area (Å²) in [4.78, 5) is 14.3. The molecule has 0 heterocycles. The van der Waals surface area contributed by atoms with E-state index in [0.717, 1.165) is 61.1 Å². The van der Waals surface area contributed by atoms with E-state index in [1.54, 1.807) is 14.2 Å². The number of benzene rings is 2. The fourth-order valence-electron chi connectivity index (χ4n) is 3.84. The first-order valence-corrected chi connectivity index (χ1v) is 11.4. The molecule has 0 N–H and O–H groups in total. The summed E-state index contributed by atoms with van der Waals surface area (Å²) >= 11 is 12.1. The number of carbonyl (C=O) groups excluding carboxylic acids is 1. The van der Waals surface area contributed by atoms with Crippen molar-refractivity contribution in [1.82, 2.24) is 4.90 Å². The Kier molecular flexibility index (Phi) is 10.1. The van der Waals surface area contributed by atoms with E-state index in [2.05, 4.69) is 25.8 Å². The lowest BCUT2D eigenvalue weighted by atomic mass is 9.86. The molecule has 0 saturated carbocycles. The molecule has 2 aromatic rings. The van der Waals surface area contributed by atoms with Crippen LogP contribution in [0.1, 0.15) is 55.2 Å². The lowest BCUT2D eigenvalue weighted by Gasteiger charge is -2.23. The normalized spacial score (nSPS) is 12.3. The summed E-state index contributed by atoms with van der Waals surface area (Å²) in [7, 11) is 5.39. The predicted octanol–water partition coefficient (Wildman–Crippen LogP) is 6.37. The van der Waals surface area contributed by atoms with Crippen LogP contribution in [0.3, 0.4) is 0 Å². The van der Waals surface area contributed by atoms with Crippen molar-refractivity contribution < 1.29 is 14.3 Å². The molecule has 2 aromatic carbocycles. The van der Waals surface area contributed by atoms with Crippen LogP contribution in [-0.4, -0.2) is 45.5 Å². The number of hydrogen-bond donors (Lipinski definition) is 0. The summed E-state index contributed by atoms with van der Waals surface area (Å²) < 4.78 is 11.0. The number of methoxy groups -OCH3 is 2. The molecule has 0 aliphatic rings. The van der Waals surface area contributed by atoms with Gasteiger partial charge >= 0.3 is 0 Å². The third-order valence-electron chi connectivity index (χ3n) is 5.57. The van der Waals surface area contributed by atoms with E-state index in [4.69, 9.17) is 32.7 Å². The third kappa shape index (κ3) is 7.13. The fourth-order valence-corrected chi connectivity index (χ4v) is 4.16. The van der Waals surface area contributed by atoms with E-state index in [0.29, 0.717) is 15.8 Å². The minimum absolute atomic E-state index is 0.190. The monoisotopic (exact) mass is 465 g/mol. The van der Waals surface area contributed by atoms with Gasteiger partial charge in [-0.25, -0.2) is 0 Å². The minimum Gasteiger partial charge on any atom is -0.497 e. The summed E-state index contributed by atoms with van der Waals surface area (Å²) in [6.45, 7) is 6.05. The van der Waals surface area contributed by atoms with Gasteiger partial charge in [-0.15, -0.1) is 0 Å². The maximum Gasteiger partial charge on any atom is 0.127 e. The number of ether oxygens (including phenoxy) is 2. The van der Waals surface area contributed by atoms with E-state index in [1.807, 2.05) is 30.3 Å². The Labute approximate surface area is 196 Å². The molecule has 0 saturated heterocycles. The van der Waals surface area contributed by atoms with Gasteiger partial charge in [0.1, 0.15) is 17.8 Å². The molecule has 0 aliphatic heterocycles. The summed E-state index contributed by atoms with van der Waals surface area (Å²) in [5.41, 5.74) is 3.24. The quantitative estimate of drug-likeness (QED) is 0.341. The van der Waals surface area contributed by atoms with Crippen molar-refractivity contribution in [2.24, 2.45) is 0 Å². The summed E-state index contributed by atoms with van der Waals surface area (Å²) in [6, 6.07) is 9.63. The van der Waals surface area contributed by atoms with Gasteiger partial charge in [-0.05, 0) is 68.1 Å². The summed E-state index contributed by atoms with van der Waals surface area (Å²) in [5, 5.41) is 1.17. The lowest BCUT2D eigenvalue weighted by Crippen LogP contribution is -2.23. The Morgan fingerprint density at radius 1 is 1.03 bits per heavy atom. The van der Waals surface area contributed by atoms with Crippen LogP contribution in [0.2, 0.25) is 10.0 Å². The van der Waals surface area contributed by atoms with Crippen LogP contribution < -0.4 is 9.47 Å². The van der Waals surface area contributed by atoms with Crippen molar-refractivity contribution in [2.45, 2.75) is 44.9 Å². The number of rotatable bonds is 12. The first-order chi connectivity index (χ1) is 14.8.